The predicted molar refractivity (Wildman–Crippen MR) is 162 cm³/mol. The SMILES string of the molecule is Fc1cc2cc3n4c5c(cccc5n3c2cc1F)B1c2c-4cccc2-n2c3c1cccc3n1c3cc(F)c(F)cc3cc21. The van der Waals surface area contributed by atoms with Crippen LogP contribution in [0.15, 0.2) is 91.0 Å². The number of fused-ring (bicyclic) bond motifs is 14. The van der Waals surface area contributed by atoms with Gasteiger partial charge < -0.3 is 0 Å². The summed E-state index contributed by atoms with van der Waals surface area (Å²) in [5.74, 6) is -3.52. The van der Waals surface area contributed by atoms with E-state index < -0.39 is 23.3 Å². The van der Waals surface area contributed by atoms with Crippen LogP contribution >= 0.6 is 0 Å². The molecule has 0 saturated carbocycles. The monoisotopic (exact) mass is 566 g/mol. The summed E-state index contributed by atoms with van der Waals surface area (Å²) in [6.45, 7) is -0.0984. The van der Waals surface area contributed by atoms with Crippen molar-refractivity contribution in [2.45, 2.75) is 0 Å². The lowest BCUT2D eigenvalue weighted by atomic mass is 9.34. The van der Waals surface area contributed by atoms with Crippen molar-refractivity contribution in [3.05, 3.63) is 114 Å². The van der Waals surface area contributed by atoms with Crippen molar-refractivity contribution >= 4 is 78.3 Å². The van der Waals surface area contributed by atoms with Gasteiger partial charge >= 0.3 is 0 Å². The Morgan fingerprint density at radius 3 is 1.40 bits per heavy atom. The van der Waals surface area contributed by atoms with Crippen LogP contribution in [0, 0.1) is 23.3 Å². The predicted octanol–water partition coefficient (Wildman–Crippen LogP) is 6.09. The summed E-state index contributed by atoms with van der Waals surface area (Å²) in [4.78, 5) is 0. The van der Waals surface area contributed by atoms with E-state index in [1.165, 1.54) is 24.3 Å². The topological polar surface area (TPSA) is 18.7 Å². The molecule has 2 aliphatic rings. The van der Waals surface area contributed by atoms with Crippen molar-refractivity contribution in [2.75, 3.05) is 0 Å². The molecule has 0 amide bonds. The molecule has 11 rings (SSSR count). The van der Waals surface area contributed by atoms with Crippen LogP contribution in [-0.4, -0.2) is 24.6 Å². The van der Waals surface area contributed by atoms with E-state index in [0.29, 0.717) is 21.8 Å². The van der Waals surface area contributed by atoms with Gasteiger partial charge in [-0.15, -0.1) is 0 Å². The highest BCUT2D eigenvalue weighted by atomic mass is 19.2. The molecule has 202 valence electrons. The Balaban J connectivity index is 1.35. The maximum Gasteiger partial charge on any atom is 0.252 e. The fourth-order valence-electron chi connectivity index (χ4n) is 8.05. The van der Waals surface area contributed by atoms with E-state index in [1.807, 2.05) is 51.3 Å². The molecule has 0 atom stereocenters. The second kappa shape index (κ2) is 6.95. The van der Waals surface area contributed by atoms with Crippen molar-refractivity contribution in [2.24, 2.45) is 0 Å². The van der Waals surface area contributed by atoms with Gasteiger partial charge in [-0.3, -0.25) is 17.9 Å². The van der Waals surface area contributed by atoms with Gasteiger partial charge in [0.25, 0.3) is 6.71 Å². The van der Waals surface area contributed by atoms with Crippen LogP contribution in [0.3, 0.4) is 0 Å². The zero-order valence-electron chi connectivity index (χ0n) is 22.0. The van der Waals surface area contributed by atoms with E-state index in [2.05, 4.69) is 33.4 Å². The first-order chi connectivity index (χ1) is 21.0. The quantitative estimate of drug-likeness (QED) is 0.157. The van der Waals surface area contributed by atoms with Crippen LogP contribution in [0.1, 0.15) is 0 Å². The molecule has 0 fully saturated rings. The van der Waals surface area contributed by atoms with Crippen molar-refractivity contribution in [1.29, 1.82) is 0 Å². The van der Waals surface area contributed by atoms with E-state index >= 15 is 0 Å². The van der Waals surface area contributed by atoms with E-state index in [-0.39, 0.29) is 6.71 Å². The number of nitrogens with zero attached hydrogens (tertiary/aromatic N) is 4. The smallest absolute Gasteiger partial charge is 0.252 e. The van der Waals surface area contributed by atoms with Crippen LogP contribution in [0.25, 0.3) is 66.5 Å². The second-order valence-electron chi connectivity index (χ2n) is 11.6. The number of aromatic nitrogens is 4. The van der Waals surface area contributed by atoms with Crippen LogP contribution < -0.4 is 16.4 Å². The standard InChI is InChI=1S/C34H15BF4N4/c36-20-10-16-12-30-40(28(16)14-22(20)38)26-8-1-4-18-33(26)42(30)24-6-3-7-25-32(24)35(18)19-5-2-9-27-34(19)43(25)31-13-17-11-21(37)23(39)15-29(17)41(27)31/h1-15H. The van der Waals surface area contributed by atoms with Gasteiger partial charge in [-0.05, 0) is 64.9 Å². The Labute approximate surface area is 239 Å². The van der Waals surface area contributed by atoms with E-state index in [9.17, 15) is 17.6 Å². The summed E-state index contributed by atoms with van der Waals surface area (Å²) >= 11 is 0. The Hall–Kier alpha value is -5.44. The van der Waals surface area contributed by atoms with Crippen molar-refractivity contribution in [3.63, 3.8) is 0 Å². The third kappa shape index (κ3) is 2.34. The third-order valence-corrected chi connectivity index (χ3v) is 9.58. The third-order valence-electron chi connectivity index (χ3n) is 9.58. The minimum atomic E-state index is -0.882. The molecule has 0 bridgehead atoms. The van der Waals surface area contributed by atoms with Gasteiger partial charge in [0.05, 0.1) is 33.1 Å². The lowest BCUT2D eigenvalue weighted by Gasteiger charge is -2.32. The number of imidazole rings is 2. The van der Waals surface area contributed by atoms with Gasteiger partial charge in [0.2, 0.25) is 0 Å². The molecular weight excluding hydrogens is 551 g/mol. The van der Waals surface area contributed by atoms with Crippen LogP contribution in [0.4, 0.5) is 17.6 Å². The summed E-state index contributed by atoms with van der Waals surface area (Å²) in [5.41, 5.74) is 12.0. The average Bonchev–Trinajstić information content (AvgIpc) is 3.72. The summed E-state index contributed by atoms with van der Waals surface area (Å²) in [6.07, 6.45) is 0. The van der Waals surface area contributed by atoms with Gasteiger partial charge in [0.1, 0.15) is 11.3 Å². The molecule has 5 aromatic carbocycles. The first kappa shape index (κ1) is 22.2. The number of para-hydroxylation sites is 2. The zero-order valence-corrected chi connectivity index (χ0v) is 22.0. The first-order valence-electron chi connectivity index (χ1n) is 14.0. The van der Waals surface area contributed by atoms with Crippen LogP contribution in [0.5, 0.6) is 0 Å². The molecule has 4 nitrogen and oxygen atoms in total. The minimum Gasteiger partial charge on any atom is -0.295 e. The Bertz CT molecular complexity index is 2610. The number of halogens is 4. The lowest BCUT2D eigenvalue weighted by molar-refractivity contribution is 0.511. The first-order valence-corrected chi connectivity index (χ1v) is 14.0. The van der Waals surface area contributed by atoms with Crippen LogP contribution in [0.2, 0.25) is 0 Å². The Kier molecular flexibility index (Phi) is 3.59. The highest BCUT2D eigenvalue weighted by molar-refractivity contribution is 7.00. The largest absolute Gasteiger partial charge is 0.295 e. The van der Waals surface area contributed by atoms with Gasteiger partial charge in [0, 0.05) is 34.3 Å². The lowest BCUT2D eigenvalue weighted by Crippen LogP contribution is -2.59. The summed E-state index contributed by atoms with van der Waals surface area (Å²) in [7, 11) is 0. The van der Waals surface area contributed by atoms with Gasteiger partial charge in [0.15, 0.2) is 23.3 Å². The maximum absolute atomic E-state index is 14.5. The van der Waals surface area contributed by atoms with Crippen molar-refractivity contribution < 1.29 is 17.6 Å². The molecule has 6 heterocycles. The molecule has 0 radical (unpaired) electrons. The minimum absolute atomic E-state index is 0.0984. The highest BCUT2D eigenvalue weighted by Crippen LogP contribution is 2.38. The number of hydrogen-bond donors (Lipinski definition) is 0. The molecule has 9 aromatic rings. The molecule has 0 spiro atoms. The fourth-order valence-corrected chi connectivity index (χ4v) is 8.05. The van der Waals surface area contributed by atoms with Gasteiger partial charge in [-0.2, -0.15) is 0 Å². The van der Waals surface area contributed by atoms with E-state index in [4.69, 9.17) is 0 Å². The molecule has 0 unspecified atom stereocenters. The van der Waals surface area contributed by atoms with Gasteiger partial charge in [-0.1, -0.05) is 30.3 Å². The molecule has 0 N–H and O–H groups in total. The molecule has 4 aromatic heterocycles. The molecule has 9 heteroatoms. The normalized spacial score (nSPS) is 13.5. The Morgan fingerprint density at radius 1 is 0.465 bits per heavy atom. The van der Waals surface area contributed by atoms with E-state index in [0.717, 1.165) is 61.1 Å². The van der Waals surface area contributed by atoms with Crippen LogP contribution in [-0.2, 0) is 0 Å². The van der Waals surface area contributed by atoms with Crippen molar-refractivity contribution in [1.82, 2.24) is 17.9 Å². The molecule has 2 aliphatic heterocycles. The average molecular weight is 566 g/mol. The number of benzene rings is 5. The number of rotatable bonds is 0. The summed E-state index contributed by atoms with van der Waals surface area (Å²) in [5, 5.41) is 1.24. The molecule has 0 saturated heterocycles. The highest BCUT2D eigenvalue weighted by Gasteiger charge is 2.41. The molecule has 0 aliphatic carbocycles. The molecule has 43 heavy (non-hydrogen) atoms. The maximum atomic E-state index is 14.5. The number of hydrogen-bond acceptors (Lipinski definition) is 0. The zero-order chi connectivity index (χ0) is 28.5. The molecular formula is C34H15BF4N4. The second-order valence-corrected chi connectivity index (χ2v) is 11.6. The van der Waals surface area contributed by atoms with Gasteiger partial charge in [-0.25, -0.2) is 17.6 Å². The summed E-state index contributed by atoms with van der Waals surface area (Å²) < 4.78 is 66.0. The van der Waals surface area contributed by atoms with Crippen molar-refractivity contribution in [3.8, 4) is 11.4 Å². The Morgan fingerprint density at radius 2 is 0.907 bits per heavy atom. The fraction of sp³-hybridized carbons (Fsp3) is 0. The van der Waals surface area contributed by atoms with E-state index in [1.54, 1.807) is 0 Å². The summed E-state index contributed by atoms with van der Waals surface area (Å²) in [6, 6.07) is 27.4.